The first-order valence-electron chi connectivity index (χ1n) is 15.4. The van der Waals surface area contributed by atoms with Crippen LogP contribution in [0.5, 0.6) is 11.5 Å². The average molecular weight is 581 g/mol. The zero-order chi connectivity index (χ0) is 31.2. The van der Waals surface area contributed by atoms with Gasteiger partial charge in [0.1, 0.15) is 11.5 Å². The molecule has 232 valence electrons. The van der Waals surface area contributed by atoms with E-state index in [1.165, 1.54) is 49.8 Å². The van der Waals surface area contributed by atoms with Gasteiger partial charge >= 0.3 is 11.9 Å². The number of rotatable bonds is 18. The zero-order valence-electron chi connectivity index (χ0n) is 26.6. The summed E-state index contributed by atoms with van der Waals surface area (Å²) in [6, 6.07) is 13.4. The minimum Gasteiger partial charge on any atom is -0.497 e. The van der Waals surface area contributed by atoms with Crippen molar-refractivity contribution in [3.8, 4) is 11.5 Å². The van der Waals surface area contributed by atoms with Crippen LogP contribution in [0.2, 0.25) is 0 Å². The Hall–Kier alpha value is -3.54. The quantitative estimate of drug-likeness (QED) is 0.107. The van der Waals surface area contributed by atoms with Crippen LogP contribution in [-0.2, 0) is 14.3 Å². The van der Waals surface area contributed by atoms with E-state index in [4.69, 9.17) is 19.3 Å². The topological polar surface area (TPSA) is 82.1 Å². The van der Waals surface area contributed by atoms with E-state index in [0.717, 1.165) is 48.3 Å². The van der Waals surface area contributed by atoms with Crippen LogP contribution in [0.4, 0.5) is 0 Å². The molecule has 0 aliphatic carbocycles. The van der Waals surface area contributed by atoms with Gasteiger partial charge in [-0.3, -0.25) is 0 Å². The third-order valence-electron chi connectivity index (χ3n) is 7.32. The molecule has 2 aromatic carbocycles. The monoisotopic (exact) mass is 580 g/mol. The predicted molar refractivity (Wildman–Crippen MR) is 173 cm³/mol. The fourth-order valence-electron chi connectivity index (χ4n) is 4.59. The number of benzene rings is 2. The highest BCUT2D eigenvalue weighted by atomic mass is 16.5. The fraction of sp³-hybridized carbons (Fsp3) is 0.500. The normalized spacial score (nSPS) is 12.4. The first kappa shape index (κ1) is 36.5. The molecule has 2 rings (SSSR count). The van der Waals surface area contributed by atoms with E-state index in [-0.39, 0.29) is 5.97 Å². The maximum absolute atomic E-state index is 11.7. The van der Waals surface area contributed by atoms with Gasteiger partial charge in [-0.2, -0.15) is 0 Å². The van der Waals surface area contributed by atoms with Gasteiger partial charge in [-0.15, -0.1) is 0 Å². The van der Waals surface area contributed by atoms with Gasteiger partial charge in [0, 0.05) is 12.2 Å². The molecule has 0 aromatic heterocycles. The molecule has 0 amide bonds. The standard InChI is InChI=1S/2C18H26O3/c1-4-6-7-15(5-2)14-21-18(19)13-10-16-8-11-17(20-3)12-9-16;1-4-6-7-8-14(5-2)17-13-16(21-3)11-9-15(17)10-12-18(19)20/h8-13,15H,4-7,14H2,1-3H3;9-14H,4-8H2,1-3H3,(H,19,20)/b13-10+;12-10+. The van der Waals surface area contributed by atoms with Gasteiger partial charge in [0.05, 0.1) is 20.8 Å². The first-order chi connectivity index (χ1) is 20.3. The number of ether oxygens (including phenoxy) is 3. The van der Waals surface area contributed by atoms with Gasteiger partial charge in [-0.1, -0.05) is 84.4 Å². The number of hydrogen-bond donors (Lipinski definition) is 1. The number of unbranched alkanes of at least 4 members (excludes halogenated alkanes) is 3. The van der Waals surface area contributed by atoms with Crippen molar-refractivity contribution in [3.05, 3.63) is 71.3 Å². The second-order valence-corrected chi connectivity index (χ2v) is 10.4. The van der Waals surface area contributed by atoms with Crippen LogP contribution in [0.1, 0.15) is 108 Å². The molecule has 2 aromatic rings. The fourth-order valence-corrected chi connectivity index (χ4v) is 4.59. The highest BCUT2D eigenvalue weighted by Gasteiger charge is 2.14. The van der Waals surface area contributed by atoms with Crippen LogP contribution in [0.25, 0.3) is 12.2 Å². The molecular formula is C36H52O6. The third-order valence-corrected chi connectivity index (χ3v) is 7.32. The van der Waals surface area contributed by atoms with Crippen molar-refractivity contribution in [2.45, 2.75) is 91.4 Å². The number of carboxylic acid groups (broad SMARTS) is 1. The molecule has 0 fully saturated rings. The van der Waals surface area contributed by atoms with Gasteiger partial charge in [-0.05, 0) is 84.2 Å². The van der Waals surface area contributed by atoms with Crippen molar-refractivity contribution in [1.29, 1.82) is 0 Å². The number of aliphatic carboxylic acids is 1. The molecule has 0 spiro atoms. The molecule has 1 N–H and O–H groups in total. The molecule has 0 saturated carbocycles. The molecular weight excluding hydrogens is 528 g/mol. The summed E-state index contributed by atoms with van der Waals surface area (Å²) < 4.78 is 15.7. The van der Waals surface area contributed by atoms with Crippen LogP contribution in [0.15, 0.2) is 54.6 Å². The summed E-state index contributed by atoms with van der Waals surface area (Å²) in [6.45, 7) is 9.22. The number of methoxy groups -OCH3 is 2. The first-order valence-corrected chi connectivity index (χ1v) is 15.4. The lowest BCUT2D eigenvalue weighted by molar-refractivity contribution is -0.139. The smallest absolute Gasteiger partial charge is 0.330 e. The van der Waals surface area contributed by atoms with E-state index in [1.54, 1.807) is 26.4 Å². The lowest BCUT2D eigenvalue weighted by Gasteiger charge is -2.19. The summed E-state index contributed by atoms with van der Waals surface area (Å²) >= 11 is 0. The second-order valence-electron chi connectivity index (χ2n) is 10.4. The molecule has 0 aliphatic heterocycles. The Kier molecular flexibility index (Phi) is 19.2. The molecule has 2 unspecified atom stereocenters. The molecule has 6 nitrogen and oxygen atoms in total. The Morgan fingerprint density at radius 3 is 2.02 bits per heavy atom. The number of carboxylic acids is 1. The largest absolute Gasteiger partial charge is 0.497 e. The van der Waals surface area contributed by atoms with Crippen molar-refractivity contribution >= 4 is 24.1 Å². The van der Waals surface area contributed by atoms with Crippen molar-refractivity contribution in [1.82, 2.24) is 0 Å². The van der Waals surface area contributed by atoms with Gasteiger partial charge in [-0.25, -0.2) is 9.59 Å². The van der Waals surface area contributed by atoms with Crippen LogP contribution >= 0.6 is 0 Å². The van der Waals surface area contributed by atoms with Gasteiger partial charge in [0.15, 0.2) is 0 Å². The van der Waals surface area contributed by atoms with Crippen LogP contribution in [0.3, 0.4) is 0 Å². The molecule has 0 saturated heterocycles. The Morgan fingerprint density at radius 1 is 0.786 bits per heavy atom. The molecule has 0 radical (unpaired) electrons. The van der Waals surface area contributed by atoms with Crippen molar-refractivity contribution in [3.63, 3.8) is 0 Å². The average Bonchev–Trinajstić information content (AvgIpc) is 3.01. The summed E-state index contributed by atoms with van der Waals surface area (Å²) in [7, 11) is 3.29. The minimum atomic E-state index is -0.921. The SMILES string of the molecule is CCCCC(CC)COC(=O)/C=C/c1ccc(OC)cc1.CCCCCC(CC)c1cc(OC)ccc1/C=C/C(=O)O. The van der Waals surface area contributed by atoms with E-state index in [0.29, 0.717) is 18.4 Å². The maximum atomic E-state index is 11.7. The molecule has 0 bridgehead atoms. The van der Waals surface area contributed by atoms with E-state index >= 15 is 0 Å². The summed E-state index contributed by atoms with van der Waals surface area (Å²) in [5.41, 5.74) is 3.11. The van der Waals surface area contributed by atoms with Gasteiger partial charge in [0.25, 0.3) is 0 Å². The zero-order valence-corrected chi connectivity index (χ0v) is 26.6. The Labute approximate surface area is 253 Å². The molecule has 0 aliphatic rings. The Balaban J connectivity index is 0.000000420. The van der Waals surface area contributed by atoms with E-state index in [1.807, 2.05) is 42.5 Å². The van der Waals surface area contributed by atoms with E-state index in [2.05, 4.69) is 27.7 Å². The second kappa shape index (κ2) is 22.1. The van der Waals surface area contributed by atoms with Crippen LogP contribution < -0.4 is 9.47 Å². The highest BCUT2D eigenvalue weighted by Crippen LogP contribution is 2.32. The summed E-state index contributed by atoms with van der Waals surface area (Å²) in [4.78, 5) is 22.4. The summed E-state index contributed by atoms with van der Waals surface area (Å²) in [5.74, 6) is 1.35. The van der Waals surface area contributed by atoms with Crippen molar-refractivity contribution in [2.24, 2.45) is 5.92 Å². The summed E-state index contributed by atoms with van der Waals surface area (Å²) in [5, 5.41) is 8.82. The lowest BCUT2D eigenvalue weighted by atomic mass is 9.87. The van der Waals surface area contributed by atoms with Gasteiger partial charge in [0.2, 0.25) is 0 Å². The van der Waals surface area contributed by atoms with Crippen molar-refractivity contribution < 1.29 is 28.9 Å². The number of carbonyl (C=O) groups excluding carboxylic acids is 1. The number of esters is 1. The van der Waals surface area contributed by atoms with E-state index < -0.39 is 5.97 Å². The Morgan fingerprint density at radius 2 is 1.45 bits per heavy atom. The predicted octanol–water partition coefficient (Wildman–Crippen LogP) is 9.33. The maximum Gasteiger partial charge on any atom is 0.330 e. The molecule has 0 heterocycles. The molecule has 42 heavy (non-hydrogen) atoms. The third kappa shape index (κ3) is 14.9. The van der Waals surface area contributed by atoms with E-state index in [9.17, 15) is 9.59 Å². The number of hydrogen-bond acceptors (Lipinski definition) is 5. The Bertz CT molecular complexity index is 1090. The van der Waals surface area contributed by atoms with Crippen LogP contribution in [-0.4, -0.2) is 37.9 Å². The summed E-state index contributed by atoms with van der Waals surface area (Å²) in [6.07, 6.45) is 16.5. The minimum absolute atomic E-state index is 0.277. The lowest BCUT2D eigenvalue weighted by Crippen LogP contribution is -2.12. The molecule has 2 atom stereocenters. The van der Waals surface area contributed by atoms with Crippen LogP contribution in [0, 0.1) is 5.92 Å². The number of carbonyl (C=O) groups is 2. The van der Waals surface area contributed by atoms with Crippen molar-refractivity contribution in [2.75, 3.05) is 20.8 Å². The molecule has 6 heteroatoms. The van der Waals surface area contributed by atoms with Gasteiger partial charge < -0.3 is 19.3 Å². The highest BCUT2D eigenvalue weighted by molar-refractivity contribution is 5.87.